The van der Waals surface area contributed by atoms with Crippen LogP contribution >= 0.6 is 0 Å². The van der Waals surface area contributed by atoms with Crippen LogP contribution in [0.1, 0.15) is 26.2 Å². The summed E-state index contributed by atoms with van der Waals surface area (Å²) in [6, 6.07) is -0.919. The maximum absolute atomic E-state index is 11.6. The molecule has 0 saturated carbocycles. The largest absolute Gasteiger partial charge is 0.478 e. The number of nitrogens with zero attached hydrogens (tertiary/aromatic N) is 1. The standard InChI is InChI=1S/C18H31N3O5/c1-12(22)20-17-15(19)8-14(18(23)24)9-16(17)21-5-3-4-13(10-21)11-26-7-6-25-2/h9,13,15-17H,3-8,10-11,19H2,1-2H3,(H,20,22)(H,23,24)/t13-,15+,16-,17-/m1/s1. The molecular weight excluding hydrogens is 338 g/mol. The SMILES string of the molecule is COCCOC[C@@H]1CCCN([C@@H]2C=C(C(=O)O)C[C@H](N)[C@H]2NC(C)=O)C1. The molecule has 0 aromatic rings. The van der Waals surface area contributed by atoms with Crippen LogP contribution in [0.25, 0.3) is 0 Å². The summed E-state index contributed by atoms with van der Waals surface area (Å²) < 4.78 is 10.7. The van der Waals surface area contributed by atoms with Gasteiger partial charge in [0.2, 0.25) is 5.91 Å². The molecule has 1 saturated heterocycles. The van der Waals surface area contributed by atoms with Gasteiger partial charge in [0.1, 0.15) is 0 Å². The first-order chi connectivity index (χ1) is 12.4. The monoisotopic (exact) mass is 369 g/mol. The second kappa shape index (κ2) is 10.0. The van der Waals surface area contributed by atoms with Crippen molar-refractivity contribution in [3.63, 3.8) is 0 Å². The highest BCUT2D eigenvalue weighted by Gasteiger charge is 2.38. The van der Waals surface area contributed by atoms with Crippen LogP contribution in [0.2, 0.25) is 0 Å². The number of carboxylic acids is 1. The van der Waals surface area contributed by atoms with E-state index in [-0.39, 0.29) is 24.4 Å². The van der Waals surface area contributed by atoms with Crippen molar-refractivity contribution in [1.29, 1.82) is 0 Å². The van der Waals surface area contributed by atoms with Crippen molar-refractivity contribution in [3.8, 4) is 0 Å². The molecule has 1 aliphatic carbocycles. The number of carboxylic acid groups (broad SMARTS) is 1. The lowest BCUT2D eigenvalue weighted by molar-refractivity contribution is -0.133. The third-order valence-electron chi connectivity index (χ3n) is 5.06. The molecule has 2 aliphatic rings. The van der Waals surface area contributed by atoms with E-state index in [1.165, 1.54) is 6.92 Å². The Morgan fingerprint density at radius 1 is 1.42 bits per heavy atom. The van der Waals surface area contributed by atoms with Crippen LogP contribution in [0.15, 0.2) is 11.6 Å². The number of methoxy groups -OCH3 is 1. The summed E-state index contributed by atoms with van der Waals surface area (Å²) in [5.41, 5.74) is 6.54. The van der Waals surface area contributed by atoms with Gasteiger partial charge in [0.05, 0.1) is 31.9 Å². The van der Waals surface area contributed by atoms with Gasteiger partial charge in [-0.15, -0.1) is 0 Å². The van der Waals surface area contributed by atoms with E-state index in [1.807, 2.05) is 0 Å². The highest BCUT2D eigenvalue weighted by atomic mass is 16.5. The predicted molar refractivity (Wildman–Crippen MR) is 96.7 cm³/mol. The van der Waals surface area contributed by atoms with Crippen LogP contribution in [0.5, 0.6) is 0 Å². The lowest BCUT2D eigenvalue weighted by Crippen LogP contribution is -2.62. The number of rotatable bonds is 8. The number of amides is 1. The van der Waals surface area contributed by atoms with Crippen LogP contribution < -0.4 is 11.1 Å². The van der Waals surface area contributed by atoms with Crippen molar-refractivity contribution < 1.29 is 24.2 Å². The van der Waals surface area contributed by atoms with Gasteiger partial charge in [-0.1, -0.05) is 6.08 Å². The van der Waals surface area contributed by atoms with Gasteiger partial charge in [-0.25, -0.2) is 4.79 Å². The molecule has 26 heavy (non-hydrogen) atoms. The first-order valence-electron chi connectivity index (χ1n) is 9.19. The second-order valence-corrected chi connectivity index (χ2v) is 7.15. The normalized spacial score (nSPS) is 29.9. The zero-order valence-corrected chi connectivity index (χ0v) is 15.6. The molecule has 0 unspecified atom stereocenters. The van der Waals surface area contributed by atoms with Gasteiger partial charge < -0.3 is 25.6 Å². The number of nitrogens with two attached hydrogens (primary N) is 1. The number of hydrogen-bond acceptors (Lipinski definition) is 6. The summed E-state index contributed by atoms with van der Waals surface area (Å²) >= 11 is 0. The lowest BCUT2D eigenvalue weighted by atomic mass is 9.84. The molecule has 4 N–H and O–H groups in total. The maximum atomic E-state index is 11.6. The van der Waals surface area contributed by atoms with E-state index in [0.717, 1.165) is 25.9 Å². The zero-order valence-electron chi connectivity index (χ0n) is 15.6. The van der Waals surface area contributed by atoms with E-state index in [4.69, 9.17) is 15.2 Å². The van der Waals surface area contributed by atoms with Gasteiger partial charge >= 0.3 is 5.97 Å². The van der Waals surface area contributed by atoms with Gasteiger partial charge in [0, 0.05) is 32.2 Å². The topological polar surface area (TPSA) is 114 Å². The van der Waals surface area contributed by atoms with E-state index >= 15 is 0 Å². The Hall–Kier alpha value is -1.48. The molecular formula is C18H31N3O5. The fraction of sp³-hybridized carbons (Fsp3) is 0.778. The van der Waals surface area contributed by atoms with Crippen LogP contribution in [-0.4, -0.2) is 80.0 Å². The molecule has 0 bridgehead atoms. The molecule has 1 aliphatic heterocycles. The third kappa shape index (κ3) is 5.77. The number of carbonyl (C=O) groups is 2. The zero-order chi connectivity index (χ0) is 19.1. The van der Waals surface area contributed by atoms with E-state index in [2.05, 4.69) is 10.2 Å². The van der Waals surface area contributed by atoms with Crippen LogP contribution in [0.4, 0.5) is 0 Å². The number of hydrogen-bond donors (Lipinski definition) is 3. The fourth-order valence-electron chi connectivity index (χ4n) is 3.83. The molecule has 8 nitrogen and oxygen atoms in total. The number of nitrogens with one attached hydrogen (secondary N) is 1. The second-order valence-electron chi connectivity index (χ2n) is 7.15. The molecule has 4 atom stereocenters. The number of ether oxygens (including phenoxy) is 2. The summed E-state index contributed by atoms with van der Waals surface area (Å²) in [4.78, 5) is 25.3. The first kappa shape index (κ1) is 20.8. The van der Waals surface area contributed by atoms with Crippen molar-refractivity contribution in [1.82, 2.24) is 10.2 Å². The molecule has 0 aromatic heterocycles. The summed E-state index contributed by atoms with van der Waals surface area (Å²) in [5.74, 6) is -0.722. The van der Waals surface area contributed by atoms with Crippen LogP contribution in [-0.2, 0) is 19.1 Å². The molecule has 1 heterocycles. The van der Waals surface area contributed by atoms with Crippen LogP contribution in [0, 0.1) is 5.92 Å². The van der Waals surface area contributed by atoms with E-state index in [9.17, 15) is 14.7 Å². The van der Waals surface area contributed by atoms with Gasteiger partial charge in [-0.05, 0) is 31.7 Å². The number of likely N-dealkylation sites (tertiary alicyclic amines) is 1. The lowest BCUT2D eigenvalue weighted by Gasteiger charge is -2.44. The minimum Gasteiger partial charge on any atom is -0.478 e. The summed E-state index contributed by atoms with van der Waals surface area (Å²) in [6.45, 7) is 4.90. The molecule has 0 radical (unpaired) electrons. The number of aliphatic carboxylic acids is 1. The fourth-order valence-corrected chi connectivity index (χ4v) is 3.83. The van der Waals surface area contributed by atoms with Gasteiger partial charge in [0.15, 0.2) is 0 Å². The Morgan fingerprint density at radius 3 is 2.85 bits per heavy atom. The molecule has 148 valence electrons. The van der Waals surface area contributed by atoms with Crippen molar-refractivity contribution in [2.75, 3.05) is 40.0 Å². The summed E-state index contributed by atoms with van der Waals surface area (Å²) in [6.07, 6.45) is 4.10. The minimum absolute atomic E-state index is 0.154. The Morgan fingerprint density at radius 2 is 2.19 bits per heavy atom. The number of piperidine rings is 1. The summed E-state index contributed by atoms with van der Waals surface area (Å²) in [7, 11) is 1.65. The minimum atomic E-state index is -0.941. The molecule has 8 heteroatoms. The first-order valence-corrected chi connectivity index (χ1v) is 9.19. The Balaban J connectivity index is 2.08. The van der Waals surface area contributed by atoms with Gasteiger partial charge in [-0.3, -0.25) is 9.69 Å². The molecule has 1 amide bonds. The van der Waals surface area contributed by atoms with Crippen LogP contribution in [0.3, 0.4) is 0 Å². The number of carbonyl (C=O) groups excluding carboxylic acids is 1. The summed E-state index contributed by atoms with van der Waals surface area (Å²) in [5, 5.41) is 12.3. The molecule has 0 spiro atoms. The Labute approximate surface area is 154 Å². The van der Waals surface area contributed by atoms with Gasteiger partial charge in [-0.2, -0.15) is 0 Å². The average Bonchev–Trinajstić information content (AvgIpc) is 2.60. The smallest absolute Gasteiger partial charge is 0.331 e. The third-order valence-corrected chi connectivity index (χ3v) is 5.06. The molecule has 0 aromatic carbocycles. The Bertz CT molecular complexity index is 525. The van der Waals surface area contributed by atoms with Crippen molar-refractivity contribution in [2.45, 2.75) is 44.3 Å². The molecule has 1 fully saturated rings. The Kier molecular flexibility index (Phi) is 8.02. The van der Waals surface area contributed by atoms with Crippen molar-refractivity contribution >= 4 is 11.9 Å². The molecule has 2 rings (SSSR count). The van der Waals surface area contributed by atoms with Gasteiger partial charge in [0.25, 0.3) is 0 Å². The highest BCUT2D eigenvalue weighted by molar-refractivity contribution is 5.87. The quantitative estimate of drug-likeness (QED) is 0.515. The maximum Gasteiger partial charge on any atom is 0.331 e. The highest BCUT2D eigenvalue weighted by Crippen LogP contribution is 2.27. The van der Waals surface area contributed by atoms with E-state index < -0.39 is 12.0 Å². The van der Waals surface area contributed by atoms with E-state index in [1.54, 1.807) is 13.2 Å². The van der Waals surface area contributed by atoms with E-state index in [0.29, 0.717) is 31.3 Å². The average molecular weight is 369 g/mol. The van der Waals surface area contributed by atoms with Crippen molar-refractivity contribution in [3.05, 3.63) is 11.6 Å². The van der Waals surface area contributed by atoms with Crippen molar-refractivity contribution in [2.24, 2.45) is 11.7 Å². The predicted octanol–water partition coefficient (Wildman–Crippen LogP) is -0.0233.